The van der Waals surface area contributed by atoms with Crippen molar-refractivity contribution in [2.75, 3.05) is 6.54 Å². The van der Waals surface area contributed by atoms with Crippen LogP contribution in [-0.4, -0.2) is 16.1 Å². The fourth-order valence-electron chi connectivity index (χ4n) is 1.89. The predicted molar refractivity (Wildman–Crippen MR) is 47.8 cm³/mol. The van der Waals surface area contributed by atoms with E-state index in [1.54, 1.807) is 0 Å². The van der Waals surface area contributed by atoms with Gasteiger partial charge in [0.15, 0.2) is 0 Å². The monoisotopic (exact) mass is 165 g/mol. The highest BCUT2D eigenvalue weighted by atomic mass is 15.0. The number of rotatable bonds is 1. The Labute approximate surface area is 72.6 Å². The molecule has 0 saturated heterocycles. The third kappa shape index (κ3) is 1.14. The van der Waals surface area contributed by atoms with Crippen molar-refractivity contribution in [3.05, 3.63) is 17.7 Å². The van der Waals surface area contributed by atoms with E-state index in [-0.39, 0.29) is 0 Å². The average Bonchev–Trinajstić information content (AvgIpc) is 2.47. The summed E-state index contributed by atoms with van der Waals surface area (Å²) in [5.41, 5.74) is 8.32. The molecule has 1 aromatic rings. The molecule has 1 heterocycles. The van der Waals surface area contributed by atoms with Crippen LogP contribution < -0.4 is 5.73 Å². The van der Waals surface area contributed by atoms with Crippen molar-refractivity contribution in [2.45, 2.75) is 19.3 Å². The summed E-state index contributed by atoms with van der Waals surface area (Å²) < 4.78 is 2.12. The summed E-state index contributed by atoms with van der Waals surface area (Å²) in [4.78, 5) is 4.35. The second-order valence-electron chi connectivity index (χ2n) is 3.59. The van der Waals surface area contributed by atoms with Crippen molar-refractivity contribution < 1.29 is 0 Å². The van der Waals surface area contributed by atoms with Gasteiger partial charge in [-0.1, -0.05) is 0 Å². The molecule has 12 heavy (non-hydrogen) atoms. The Kier molecular flexibility index (Phi) is 1.89. The molecule has 0 saturated carbocycles. The number of fused-ring (bicyclic) bond motifs is 1. The van der Waals surface area contributed by atoms with Crippen LogP contribution in [0.2, 0.25) is 0 Å². The number of imidazole rings is 1. The first-order valence-electron chi connectivity index (χ1n) is 4.50. The van der Waals surface area contributed by atoms with Crippen molar-refractivity contribution >= 4 is 0 Å². The lowest BCUT2D eigenvalue weighted by molar-refractivity contribution is 0.453. The van der Waals surface area contributed by atoms with Crippen molar-refractivity contribution in [1.29, 1.82) is 0 Å². The standard InChI is InChI=1S/C9H15N3/c1-12-6-11-8-3-2-7(5-10)4-9(8)12/h6-7H,2-5,10H2,1H3. The summed E-state index contributed by atoms with van der Waals surface area (Å²) in [6, 6.07) is 0. The Morgan fingerprint density at radius 1 is 1.75 bits per heavy atom. The van der Waals surface area contributed by atoms with Gasteiger partial charge in [0.05, 0.1) is 12.0 Å². The molecule has 0 bridgehead atoms. The third-order valence-electron chi connectivity index (χ3n) is 2.75. The van der Waals surface area contributed by atoms with Crippen LogP contribution in [0, 0.1) is 5.92 Å². The van der Waals surface area contributed by atoms with Gasteiger partial charge >= 0.3 is 0 Å². The Balaban J connectivity index is 2.26. The highest BCUT2D eigenvalue weighted by molar-refractivity contribution is 5.17. The fraction of sp³-hybridized carbons (Fsp3) is 0.667. The minimum atomic E-state index is 0.674. The van der Waals surface area contributed by atoms with Gasteiger partial charge in [0, 0.05) is 12.7 Å². The minimum absolute atomic E-state index is 0.674. The first-order chi connectivity index (χ1) is 5.81. The molecule has 66 valence electrons. The zero-order valence-electron chi connectivity index (χ0n) is 7.45. The van der Waals surface area contributed by atoms with E-state index in [1.165, 1.54) is 17.8 Å². The third-order valence-corrected chi connectivity index (χ3v) is 2.75. The molecule has 0 amide bonds. The summed E-state index contributed by atoms with van der Waals surface area (Å²) in [7, 11) is 2.06. The van der Waals surface area contributed by atoms with Crippen LogP contribution in [0.3, 0.4) is 0 Å². The van der Waals surface area contributed by atoms with Crippen LogP contribution in [0.25, 0.3) is 0 Å². The van der Waals surface area contributed by atoms with E-state index in [0.717, 1.165) is 19.4 Å². The van der Waals surface area contributed by atoms with Crippen LogP contribution in [-0.2, 0) is 19.9 Å². The van der Waals surface area contributed by atoms with E-state index in [0.29, 0.717) is 5.92 Å². The van der Waals surface area contributed by atoms with Gasteiger partial charge in [-0.2, -0.15) is 0 Å². The van der Waals surface area contributed by atoms with Gasteiger partial charge in [0.2, 0.25) is 0 Å². The summed E-state index contributed by atoms with van der Waals surface area (Å²) in [6.07, 6.45) is 5.34. The highest BCUT2D eigenvalue weighted by Gasteiger charge is 2.20. The molecule has 0 fully saturated rings. The topological polar surface area (TPSA) is 43.8 Å². The van der Waals surface area contributed by atoms with Crippen LogP contribution in [0.15, 0.2) is 6.33 Å². The number of nitrogens with zero attached hydrogens (tertiary/aromatic N) is 2. The maximum atomic E-state index is 5.65. The lowest BCUT2D eigenvalue weighted by atomic mass is 9.90. The summed E-state index contributed by atoms with van der Waals surface area (Å²) in [6.45, 7) is 0.810. The number of aromatic nitrogens is 2. The molecule has 3 nitrogen and oxygen atoms in total. The molecule has 0 aromatic carbocycles. The second kappa shape index (κ2) is 2.90. The van der Waals surface area contributed by atoms with Crippen molar-refractivity contribution in [2.24, 2.45) is 18.7 Å². The molecule has 0 aliphatic heterocycles. The van der Waals surface area contributed by atoms with E-state index in [4.69, 9.17) is 5.73 Å². The average molecular weight is 165 g/mol. The largest absolute Gasteiger partial charge is 0.337 e. The first-order valence-corrected chi connectivity index (χ1v) is 4.50. The van der Waals surface area contributed by atoms with E-state index in [1.807, 2.05) is 6.33 Å². The minimum Gasteiger partial charge on any atom is -0.337 e. The number of nitrogens with two attached hydrogens (primary N) is 1. The Bertz CT molecular complexity index is 277. The fourth-order valence-corrected chi connectivity index (χ4v) is 1.89. The molecule has 3 heteroatoms. The molecule has 0 radical (unpaired) electrons. The molecule has 2 N–H and O–H groups in total. The summed E-state index contributed by atoms with van der Waals surface area (Å²) in [5.74, 6) is 0.674. The molecule has 0 spiro atoms. The number of aryl methyl sites for hydroxylation is 2. The van der Waals surface area contributed by atoms with Gasteiger partial charge in [0.1, 0.15) is 0 Å². The van der Waals surface area contributed by atoms with Gasteiger partial charge in [-0.05, 0) is 31.7 Å². The quantitative estimate of drug-likeness (QED) is 0.658. The smallest absolute Gasteiger partial charge is 0.0949 e. The zero-order valence-corrected chi connectivity index (χ0v) is 7.45. The predicted octanol–water partition coefficient (Wildman–Crippen LogP) is 0.484. The van der Waals surface area contributed by atoms with Crippen LogP contribution >= 0.6 is 0 Å². The Hall–Kier alpha value is -0.830. The van der Waals surface area contributed by atoms with Crippen molar-refractivity contribution in [1.82, 2.24) is 9.55 Å². The van der Waals surface area contributed by atoms with Crippen LogP contribution in [0.1, 0.15) is 17.8 Å². The van der Waals surface area contributed by atoms with Crippen molar-refractivity contribution in [3.8, 4) is 0 Å². The molecule has 2 rings (SSSR count). The lowest BCUT2D eigenvalue weighted by Gasteiger charge is -2.20. The molecular formula is C9H15N3. The van der Waals surface area contributed by atoms with Crippen LogP contribution in [0.4, 0.5) is 0 Å². The SMILES string of the molecule is Cn1cnc2c1CC(CN)CC2. The highest BCUT2D eigenvalue weighted by Crippen LogP contribution is 2.23. The van der Waals surface area contributed by atoms with Gasteiger partial charge in [-0.15, -0.1) is 0 Å². The molecule has 1 aliphatic rings. The Morgan fingerprint density at radius 2 is 2.58 bits per heavy atom. The Morgan fingerprint density at radius 3 is 3.33 bits per heavy atom. The van der Waals surface area contributed by atoms with Gasteiger partial charge in [0.25, 0.3) is 0 Å². The normalized spacial score (nSPS) is 22.3. The molecule has 1 aromatic heterocycles. The van der Waals surface area contributed by atoms with E-state index < -0.39 is 0 Å². The second-order valence-corrected chi connectivity index (χ2v) is 3.59. The zero-order chi connectivity index (χ0) is 8.55. The number of hydrogen-bond acceptors (Lipinski definition) is 2. The van der Waals surface area contributed by atoms with Gasteiger partial charge in [-0.3, -0.25) is 0 Å². The number of hydrogen-bond donors (Lipinski definition) is 1. The molecular weight excluding hydrogens is 150 g/mol. The molecule has 1 aliphatic carbocycles. The summed E-state index contributed by atoms with van der Waals surface area (Å²) in [5, 5.41) is 0. The van der Waals surface area contributed by atoms with E-state index in [2.05, 4.69) is 16.6 Å². The van der Waals surface area contributed by atoms with Crippen molar-refractivity contribution in [3.63, 3.8) is 0 Å². The molecule has 1 unspecified atom stereocenters. The maximum Gasteiger partial charge on any atom is 0.0949 e. The van der Waals surface area contributed by atoms with Gasteiger partial charge < -0.3 is 10.3 Å². The lowest BCUT2D eigenvalue weighted by Crippen LogP contribution is -2.23. The van der Waals surface area contributed by atoms with Crippen LogP contribution in [0.5, 0.6) is 0 Å². The van der Waals surface area contributed by atoms with Gasteiger partial charge in [-0.25, -0.2) is 4.98 Å². The first kappa shape index (κ1) is 7.80. The summed E-state index contributed by atoms with van der Waals surface area (Å²) >= 11 is 0. The molecule has 1 atom stereocenters. The van der Waals surface area contributed by atoms with E-state index >= 15 is 0 Å². The van der Waals surface area contributed by atoms with E-state index in [9.17, 15) is 0 Å². The maximum absolute atomic E-state index is 5.65.